The maximum atomic E-state index is 8.46. The van der Waals surface area contributed by atoms with Crippen molar-refractivity contribution in [3.63, 3.8) is 0 Å². The van der Waals surface area contributed by atoms with Crippen molar-refractivity contribution in [2.24, 2.45) is 0 Å². The summed E-state index contributed by atoms with van der Waals surface area (Å²) in [5.74, 6) is 0. The molecule has 16 heavy (non-hydrogen) atoms. The van der Waals surface area contributed by atoms with E-state index < -0.39 is 0 Å². The van der Waals surface area contributed by atoms with Crippen LogP contribution < -0.4 is 0 Å². The minimum absolute atomic E-state index is 0.0743. The molecule has 0 aromatic carbocycles. The van der Waals surface area contributed by atoms with Gasteiger partial charge in [0.05, 0.1) is 32.8 Å². The first-order valence-corrected chi connectivity index (χ1v) is 5.65. The molecule has 0 saturated carbocycles. The summed E-state index contributed by atoms with van der Waals surface area (Å²) in [5, 5.41) is 8.46. The number of hydrogen-bond donors (Lipinski definition) is 1. The van der Waals surface area contributed by atoms with Crippen LogP contribution in [-0.2, 0) is 16.0 Å². The number of hydrogen-bond acceptors (Lipinski definition) is 4. The third kappa shape index (κ3) is 6.55. The van der Waals surface area contributed by atoms with E-state index in [-0.39, 0.29) is 6.61 Å². The van der Waals surface area contributed by atoms with Crippen LogP contribution in [0.4, 0.5) is 0 Å². The summed E-state index contributed by atoms with van der Waals surface area (Å²) in [7, 11) is 0. The fourth-order valence-corrected chi connectivity index (χ4v) is 1.30. The van der Waals surface area contributed by atoms with Gasteiger partial charge in [-0.3, -0.25) is 0 Å². The van der Waals surface area contributed by atoms with Gasteiger partial charge in [-0.2, -0.15) is 0 Å². The topological polar surface area (TPSA) is 56.5 Å². The molecule has 0 unspecified atom stereocenters. The molecule has 1 N–H and O–H groups in total. The second-order valence-electron chi connectivity index (χ2n) is 3.46. The summed E-state index contributed by atoms with van der Waals surface area (Å²) in [6.45, 7) is 3.38. The Balaban J connectivity index is 1.78. The van der Waals surface area contributed by atoms with Crippen molar-refractivity contribution in [3.05, 3.63) is 18.7 Å². The van der Waals surface area contributed by atoms with E-state index in [2.05, 4.69) is 9.55 Å². The Morgan fingerprint density at radius 1 is 1.06 bits per heavy atom. The number of rotatable bonds is 10. The quantitative estimate of drug-likeness (QED) is 0.599. The molecule has 92 valence electrons. The van der Waals surface area contributed by atoms with Crippen molar-refractivity contribution in [1.82, 2.24) is 9.55 Å². The van der Waals surface area contributed by atoms with Gasteiger partial charge in [-0.25, -0.2) is 4.98 Å². The highest BCUT2D eigenvalue weighted by atomic mass is 16.5. The molecule has 1 aromatic heterocycles. The Bertz CT molecular complexity index is 239. The van der Waals surface area contributed by atoms with Gasteiger partial charge < -0.3 is 19.1 Å². The molecule has 0 aliphatic heterocycles. The van der Waals surface area contributed by atoms with Crippen molar-refractivity contribution in [2.45, 2.75) is 19.4 Å². The molecule has 0 saturated heterocycles. The molecule has 1 aromatic rings. The lowest BCUT2D eigenvalue weighted by Gasteiger charge is -2.05. The number of unbranched alkanes of at least 4 members (excludes halogenated alkanes) is 1. The first-order valence-electron chi connectivity index (χ1n) is 5.65. The fraction of sp³-hybridized carbons (Fsp3) is 0.727. The molecule has 0 radical (unpaired) electrons. The van der Waals surface area contributed by atoms with E-state index >= 15 is 0 Å². The molecule has 1 rings (SSSR count). The number of imidazole rings is 1. The maximum absolute atomic E-state index is 8.46. The molecule has 0 bridgehead atoms. The molecule has 0 spiro atoms. The van der Waals surface area contributed by atoms with Crippen molar-refractivity contribution in [2.75, 3.05) is 33.0 Å². The molecular formula is C11H20N2O3. The van der Waals surface area contributed by atoms with E-state index in [0.717, 1.165) is 26.0 Å². The van der Waals surface area contributed by atoms with Crippen molar-refractivity contribution in [1.29, 1.82) is 0 Å². The summed E-state index contributed by atoms with van der Waals surface area (Å²) in [4.78, 5) is 3.97. The molecule has 1 heterocycles. The highest BCUT2D eigenvalue weighted by Gasteiger charge is 1.92. The largest absolute Gasteiger partial charge is 0.394 e. The smallest absolute Gasteiger partial charge is 0.0945 e. The van der Waals surface area contributed by atoms with Crippen LogP contribution in [-0.4, -0.2) is 47.7 Å². The lowest BCUT2D eigenvalue weighted by Crippen LogP contribution is -2.08. The first kappa shape index (κ1) is 13.2. The molecule has 0 fully saturated rings. The van der Waals surface area contributed by atoms with Gasteiger partial charge in [0.15, 0.2) is 0 Å². The third-order valence-corrected chi connectivity index (χ3v) is 2.12. The van der Waals surface area contributed by atoms with Crippen LogP contribution in [0.15, 0.2) is 18.7 Å². The zero-order chi connectivity index (χ0) is 11.5. The van der Waals surface area contributed by atoms with E-state index in [4.69, 9.17) is 14.6 Å². The molecular weight excluding hydrogens is 208 g/mol. The number of nitrogens with zero attached hydrogens (tertiary/aromatic N) is 2. The van der Waals surface area contributed by atoms with Gasteiger partial charge in [0.1, 0.15) is 0 Å². The van der Waals surface area contributed by atoms with Crippen LogP contribution >= 0.6 is 0 Å². The average Bonchev–Trinajstić information content (AvgIpc) is 2.80. The minimum Gasteiger partial charge on any atom is -0.394 e. The predicted octanol–water partition coefficient (Wildman–Crippen LogP) is 0.689. The van der Waals surface area contributed by atoms with E-state index in [1.165, 1.54) is 0 Å². The van der Waals surface area contributed by atoms with Crippen molar-refractivity contribution >= 4 is 0 Å². The zero-order valence-electron chi connectivity index (χ0n) is 9.55. The predicted molar refractivity (Wildman–Crippen MR) is 60.2 cm³/mol. The highest BCUT2D eigenvalue weighted by Crippen LogP contribution is 1.95. The lowest BCUT2D eigenvalue weighted by atomic mass is 10.3. The summed E-state index contributed by atoms with van der Waals surface area (Å²) in [6, 6.07) is 0. The zero-order valence-corrected chi connectivity index (χ0v) is 9.55. The number of aryl methyl sites for hydroxylation is 1. The summed E-state index contributed by atoms with van der Waals surface area (Å²) < 4.78 is 12.5. The van der Waals surface area contributed by atoms with Crippen molar-refractivity contribution < 1.29 is 14.6 Å². The normalized spacial score (nSPS) is 10.8. The summed E-state index contributed by atoms with van der Waals surface area (Å²) in [5.41, 5.74) is 0. The number of aliphatic hydroxyl groups is 1. The SMILES string of the molecule is OCCOCCOCCCCn1ccnc1. The van der Waals surface area contributed by atoms with Crippen LogP contribution in [0.5, 0.6) is 0 Å². The second kappa shape index (κ2) is 9.33. The molecule has 0 atom stereocenters. The molecule has 0 aliphatic carbocycles. The molecule has 5 nitrogen and oxygen atoms in total. The molecule has 0 aliphatic rings. The van der Waals surface area contributed by atoms with E-state index in [0.29, 0.717) is 19.8 Å². The number of aliphatic hydroxyl groups excluding tert-OH is 1. The number of aromatic nitrogens is 2. The Morgan fingerprint density at radius 3 is 2.56 bits per heavy atom. The average molecular weight is 228 g/mol. The second-order valence-corrected chi connectivity index (χ2v) is 3.46. The van der Waals surface area contributed by atoms with E-state index in [1.807, 2.05) is 12.5 Å². The van der Waals surface area contributed by atoms with Crippen LogP contribution in [0.3, 0.4) is 0 Å². The Morgan fingerprint density at radius 2 is 1.88 bits per heavy atom. The van der Waals surface area contributed by atoms with Gasteiger partial charge >= 0.3 is 0 Å². The van der Waals surface area contributed by atoms with Gasteiger partial charge in [0.25, 0.3) is 0 Å². The minimum atomic E-state index is 0.0743. The van der Waals surface area contributed by atoms with Crippen LogP contribution in [0, 0.1) is 0 Å². The molecule has 5 heteroatoms. The summed E-state index contributed by atoms with van der Waals surface area (Å²) in [6.07, 6.45) is 7.70. The Hall–Kier alpha value is -0.910. The third-order valence-electron chi connectivity index (χ3n) is 2.12. The maximum Gasteiger partial charge on any atom is 0.0945 e. The van der Waals surface area contributed by atoms with Crippen LogP contribution in [0.25, 0.3) is 0 Å². The van der Waals surface area contributed by atoms with E-state index in [9.17, 15) is 0 Å². The lowest BCUT2D eigenvalue weighted by molar-refractivity contribution is 0.0320. The standard InChI is InChI=1S/C11H20N2O3/c14-6-8-16-10-9-15-7-2-1-4-13-5-3-12-11-13/h3,5,11,14H,1-2,4,6-10H2. The van der Waals surface area contributed by atoms with Gasteiger partial charge in [0, 0.05) is 25.5 Å². The van der Waals surface area contributed by atoms with Gasteiger partial charge in [-0.15, -0.1) is 0 Å². The van der Waals surface area contributed by atoms with Gasteiger partial charge in [-0.1, -0.05) is 0 Å². The van der Waals surface area contributed by atoms with Gasteiger partial charge in [-0.05, 0) is 12.8 Å². The van der Waals surface area contributed by atoms with Crippen LogP contribution in [0.2, 0.25) is 0 Å². The first-order chi connectivity index (χ1) is 7.93. The number of ether oxygens (including phenoxy) is 2. The Labute approximate surface area is 96.0 Å². The van der Waals surface area contributed by atoms with Crippen molar-refractivity contribution in [3.8, 4) is 0 Å². The summed E-state index contributed by atoms with van der Waals surface area (Å²) >= 11 is 0. The van der Waals surface area contributed by atoms with E-state index in [1.54, 1.807) is 6.20 Å². The Kier molecular flexibility index (Phi) is 7.67. The highest BCUT2D eigenvalue weighted by molar-refractivity contribution is 4.73. The fourth-order valence-electron chi connectivity index (χ4n) is 1.30. The molecule has 0 amide bonds. The monoisotopic (exact) mass is 228 g/mol. The van der Waals surface area contributed by atoms with Crippen LogP contribution in [0.1, 0.15) is 12.8 Å². The van der Waals surface area contributed by atoms with Gasteiger partial charge in [0.2, 0.25) is 0 Å².